The first-order valence-corrected chi connectivity index (χ1v) is 5.40. The van der Waals surface area contributed by atoms with E-state index in [4.69, 9.17) is 4.74 Å². The number of hydrogen-bond acceptors (Lipinski definition) is 3. The van der Waals surface area contributed by atoms with Crippen LogP contribution in [-0.2, 0) is 6.61 Å². The van der Waals surface area contributed by atoms with E-state index in [1.165, 1.54) is 6.07 Å². The average molecular weight is 250 g/mol. The predicted molar refractivity (Wildman–Crippen MR) is 64.5 cm³/mol. The third-order valence-electron chi connectivity index (χ3n) is 2.38. The molecule has 0 fully saturated rings. The van der Waals surface area contributed by atoms with Crippen molar-refractivity contribution in [2.45, 2.75) is 6.61 Å². The van der Waals surface area contributed by atoms with Crippen LogP contribution in [0.1, 0.15) is 5.56 Å². The third kappa shape index (κ3) is 2.74. The minimum atomic E-state index is -0.713. The zero-order valence-electron chi connectivity index (χ0n) is 9.78. The van der Waals surface area contributed by atoms with Gasteiger partial charge in [-0.05, 0) is 18.2 Å². The Kier molecular flexibility index (Phi) is 3.72. The Bertz CT molecular complexity index is 509. The molecule has 0 aliphatic heterocycles. The lowest BCUT2D eigenvalue weighted by atomic mass is 10.3. The molecule has 0 amide bonds. The number of ether oxygens (including phenoxy) is 1. The normalized spacial score (nSPS) is 10.2. The summed E-state index contributed by atoms with van der Waals surface area (Å²) in [4.78, 5) is 4.08. The number of aromatic nitrogens is 1. The van der Waals surface area contributed by atoms with Crippen LogP contribution in [0.4, 0.5) is 14.6 Å². The maximum atomic E-state index is 13.3. The topological polar surface area (TPSA) is 34.1 Å². The molecule has 1 heterocycles. The van der Waals surface area contributed by atoms with Gasteiger partial charge in [0.2, 0.25) is 0 Å². The maximum absolute atomic E-state index is 13.3. The second-order valence-electron chi connectivity index (χ2n) is 3.64. The summed E-state index contributed by atoms with van der Waals surface area (Å²) in [6.45, 7) is 0.0643. The molecule has 0 aliphatic carbocycles. The first kappa shape index (κ1) is 12.3. The highest BCUT2D eigenvalue weighted by molar-refractivity contribution is 5.34. The highest BCUT2D eigenvalue weighted by Gasteiger charge is 2.09. The van der Waals surface area contributed by atoms with E-state index < -0.39 is 11.6 Å². The van der Waals surface area contributed by atoms with Gasteiger partial charge in [0.1, 0.15) is 12.4 Å². The van der Waals surface area contributed by atoms with E-state index in [2.05, 4.69) is 10.3 Å². The molecular weight excluding hydrogens is 238 g/mol. The van der Waals surface area contributed by atoms with Crippen molar-refractivity contribution in [3.8, 4) is 5.75 Å². The second-order valence-corrected chi connectivity index (χ2v) is 3.64. The summed E-state index contributed by atoms with van der Waals surface area (Å²) in [6, 6.07) is 7.14. The fourth-order valence-electron chi connectivity index (χ4n) is 1.43. The van der Waals surface area contributed by atoms with E-state index in [1.54, 1.807) is 25.4 Å². The largest absolute Gasteiger partial charge is 0.483 e. The highest BCUT2D eigenvalue weighted by atomic mass is 19.1. The number of nitrogens with one attached hydrogen (secondary N) is 1. The molecule has 2 rings (SSSR count). The molecule has 0 spiro atoms. The van der Waals surface area contributed by atoms with Gasteiger partial charge in [-0.3, -0.25) is 0 Å². The minimum Gasteiger partial charge on any atom is -0.483 e. The van der Waals surface area contributed by atoms with E-state index in [9.17, 15) is 8.78 Å². The fourth-order valence-corrected chi connectivity index (χ4v) is 1.43. The van der Waals surface area contributed by atoms with Gasteiger partial charge in [-0.2, -0.15) is 0 Å². The summed E-state index contributed by atoms with van der Waals surface area (Å²) in [5.41, 5.74) is 0.733. The molecule has 5 heteroatoms. The summed E-state index contributed by atoms with van der Waals surface area (Å²) in [5, 5.41) is 2.87. The van der Waals surface area contributed by atoms with E-state index in [0.29, 0.717) is 0 Å². The SMILES string of the molecule is CNc1ccc(COc2c(F)cccc2F)cn1. The Morgan fingerprint density at radius 2 is 1.89 bits per heavy atom. The Morgan fingerprint density at radius 3 is 2.44 bits per heavy atom. The second kappa shape index (κ2) is 5.44. The van der Waals surface area contributed by atoms with Crippen LogP contribution >= 0.6 is 0 Å². The molecule has 0 bridgehead atoms. The van der Waals surface area contributed by atoms with Crippen molar-refractivity contribution in [1.82, 2.24) is 4.98 Å². The number of para-hydroxylation sites is 1. The number of rotatable bonds is 4. The quantitative estimate of drug-likeness (QED) is 0.905. The molecule has 1 N–H and O–H groups in total. The average Bonchev–Trinajstić information content (AvgIpc) is 2.39. The number of anilines is 1. The van der Waals surface area contributed by atoms with Crippen molar-refractivity contribution in [3.63, 3.8) is 0 Å². The molecule has 94 valence electrons. The molecule has 0 atom stereocenters. The first-order chi connectivity index (χ1) is 8.70. The van der Waals surface area contributed by atoms with E-state index in [-0.39, 0.29) is 12.4 Å². The van der Waals surface area contributed by atoms with Crippen LogP contribution < -0.4 is 10.1 Å². The maximum Gasteiger partial charge on any atom is 0.191 e. The van der Waals surface area contributed by atoms with Gasteiger partial charge in [-0.1, -0.05) is 12.1 Å². The highest BCUT2D eigenvalue weighted by Crippen LogP contribution is 2.21. The van der Waals surface area contributed by atoms with Crippen molar-refractivity contribution in [2.24, 2.45) is 0 Å². The van der Waals surface area contributed by atoms with E-state index in [1.807, 2.05) is 0 Å². The van der Waals surface area contributed by atoms with E-state index >= 15 is 0 Å². The Hall–Kier alpha value is -2.17. The lowest BCUT2D eigenvalue weighted by Gasteiger charge is -2.08. The van der Waals surface area contributed by atoms with Crippen LogP contribution in [0.2, 0.25) is 0 Å². The molecule has 0 saturated carbocycles. The van der Waals surface area contributed by atoms with Crippen molar-refractivity contribution < 1.29 is 13.5 Å². The lowest BCUT2D eigenvalue weighted by Crippen LogP contribution is -2.01. The molecule has 18 heavy (non-hydrogen) atoms. The zero-order valence-corrected chi connectivity index (χ0v) is 9.78. The molecular formula is C13H12F2N2O. The predicted octanol–water partition coefficient (Wildman–Crippen LogP) is 2.98. The standard InChI is InChI=1S/C13H12F2N2O/c1-16-12-6-5-9(7-17-12)8-18-13-10(14)3-2-4-11(13)15/h2-7H,8H2,1H3,(H,16,17). The molecule has 1 aromatic carbocycles. The van der Waals surface area contributed by atoms with Gasteiger partial charge in [0.05, 0.1) is 0 Å². The minimum absolute atomic E-state index is 0.0643. The zero-order chi connectivity index (χ0) is 13.0. The van der Waals surface area contributed by atoms with Crippen molar-refractivity contribution in [2.75, 3.05) is 12.4 Å². The summed E-state index contributed by atoms with van der Waals surface area (Å²) in [6.07, 6.45) is 1.59. The molecule has 0 saturated heterocycles. The van der Waals surface area contributed by atoms with Crippen LogP contribution in [0, 0.1) is 11.6 Å². The Labute approximate surface area is 103 Å². The van der Waals surface area contributed by atoms with Gasteiger partial charge in [0.25, 0.3) is 0 Å². The van der Waals surface area contributed by atoms with Crippen LogP contribution in [0.3, 0.4) is 0 Å². The Morgan fingerprint density at radius 1 is 1.17 bits per heavy atom. The summed E-state index contributed by atoms with van der Waals surface area (Å²) in [5.74, 6) is -1.07. The van der Waals surface area contributed by atoms with E-state index in [0.717, 1.165) is 23.5 Å². The van der Waals surface area contributed by atoms with Crippen LogP contribution in [0.5, 0.6) is 5.75 Å². The summed E-state index contributed by atoms with van der Waals surface area (Å²) < 4.78 is 31.7. The number of benzene rings is 1. The van der Waals surface area contributed by atoms with Crippen LogP contribution in [0.15, 0.2) is 36.5 Å². The van der Waals surface area contributed by atoms with Crippen LogP contribution in [0.25, 0.3) is 0 Å². The fraction of sp³-hybridized carbons (Fsp3) is 0.154. The lowest BCUT2D eigenvalue weighted by molar-refractivity contribution is 0.274. The number of nitrogens with zero attached hydrogens (tertiary/aromatic N) is 1. The smallest absolute Gasteiger partial charge is 0.191 e. The monoisotopic (exact) mass is 250 g/mol. The van der Waals surface area contributed by atoms with Gasteiger partial charge in [0.15, 0.2) is 17.4 Å². The van der Waals surface area contributed by atoms with Crippen molar-refractivity contribution in [1.29, 1.82) is 0 Å². The Balaban J connectivity index is 2.06. The number of halogens is 2. The molecule has 0 radical (unpaired) electrons. The molecule has 3 nitrogen and oxygen atoms in total. The number of pyridine rings is 1. The molecule has 1 aromatic heterocycles. The molecule has 0 aliphatic rings. The summed E-state index contributed by atoms with van der Waals surface area (Å²) >= 11 is 0. The van der Waals surface area contributed by atoms with Gasteiger partial charge in [-0.25, -0.2) is 13.8 Å². The molecule has 2 aromatic rings. The molecule has 0 unspecified atom stereocenters. The van der Waals surface area contributed by atoms with Crippen LogP contribution in [-0.4, -0.2) is 12.0 Å². The van der Waals surface area contributed by atoms with Crippen molar-refractivity contribution in [3.05, 3.63) is 53.7 Å². The third-order valence-corrected chi connectivity index (χ3v) is 2.38. The van der Waals surface area contributed by atoms with Crippen molar-refractivity contribution >= 4 is 5.82 Å². The van der Waals surface area contributed by atoms with Gasteiger partial charge >= 0.3 is 0 Å². The number of hydrogen-bond donors (Lipinski definition) is 1. The van der Waals surface area contributed by atoms with Gasteiger partial charge in [-0.15, -0.1) is 0 Å². The first-order valence-electron chi connectivity index (χ1n) is 5.40. The van der Waals surface area contributed by atoms with Gasteiger partial charge in [0, 0.05) is 18.8 Å². The summed E-state index contributed by atoms with van der Waals surface area (Å²) in [7, 11) is 1.76. The van der Waals surface area contributed by atoms with Gasteiger partial charge < -0.3 is 10.1 Å².